The normalized spacial score (nSPS) is 13.4. The van der Waals surface area contributed by atoms with Crippen LogP contribution in [0.5, 0.6) is 5.75 Å². The first kappa shape index (κ1) is 21.7. The van der Waals surface area contributed by atoms with Crippen molar-refractivity contribution in [3.63, 3.8) is 0 Å². The highest BCUT2D eigenvalue weighted by Gasteiger charge is 2.12. The van der Waals surface area contributed by atoms with Gasteiger partial charge in [0.1, 0.15) is 11.6 Å². The van der Waals surface area contributed by atoms with Crippen molar-refractivity contribution < 1.29 is 9.47 Å². The summed E-state index contributed by atoms with van der Waals surface area (Å²) in [5.41, 5.74) is 2.62. The van der Waals surface area contributed by atoms with Crippen LogP contribution in [0, 0.1) is 0 Å². The van der Waals surface area contributed by atoms with E-state index in [1.807, 2.05) is 66.1 Å². The second-order valence-corrected chi connectivity index (χ2v) is 7.26. The lowest BCUT2D eigenvalue weighted by molar-refractivity contribution is 0.109. The molecular formula is C24H27N5O3. The lowest BCUT2D eigenvalue weighted by Crippen LogP contribution is -2.30. The van der Waals surface area contributed by atoms with Gasteiger partial charge in [0.2, 0.25) is 0 Å². The Morgan fingerprint density at radius 3 is 2.44 bits per heavy atom. The van der Waals surface area contributed by atoms with Gasteiger partial charge in [-0.25, -0.2) is 9.97 Å². The molecule has 0 saturated carbocycles. The van der Waals surface area contributed by atoms with E-state index in [-0.39, 0.29) is 5.56 Å². The van der Waals surface area contributed by atoms with E-state index < -0.39 is 0 Å². The third-order valence-corrected chi connectivity index (χ3v) is 4.96. The Labute approximate surface area is 186 Å². The first-order valence-corrected chi connectivity index (χ1v) is 10.8. The Balaban J connectivity index is 0.000000354. The number of aromatic amines is 1. The summed E-state index contributed by atoms with van der Waals surface area (Å²) in [6.45, 7) is 6.95. The topological polar surface area (TPSA) is 94.1 Å². The van der Waals surface area contributed by atoms with E-state index >= 15 is 0 Å². The van der Waals surface area contributed by atoms with Gasteiger partial charge in [0.25, 0.3) is 5.56 Å². The Morgan fingerprint density at radius 1 is 1.06 bits per heavy atom. The van der Waals surface area contributed by atoms with Crippen molar-refractivity contribution in [3.8, 4) is 17.1 Å². The molecule has 8 nitrogen and oxygen atoms in total. The standard InChI is InChI=1S/C20H18N4O2.C4H9NO/c1-2-26-16-10-8-15(9-11-16)18-22-19-17(20(25)23-18)24(13-21-19)12-14-6-4-3-5-7-14;1-3-6-4-2-5-1/h3-11,13H,2,12H2,1H3,(H,22,23,25);5H,1-4H2. The van der Waals surface area contributed by atoms with E-state index in [4.69, 9.17) is 9.47 Å². The number of nitrogens with one attached hydrogen (secondary N) is 2. The molecule has 0 atom stereocenters. The molecule has 5 rings (SSSR count). The molecule has 0 bridgehead atoms. The van der Waals surface area contributed by atoms with Gasteiger partial charge in [-0.15, -0.1) is 0 Å². The molecule has 1 aliphatic heterocycles. The van der Waals surface area contributed by atoms with Crippen LogP contribution in [0.2, 0.25) is 0 Å². The van der Waals surface area contributed by atoms with Crippen LogP contribution >= 0.6 is 0 Å². The number of rotatable bonds is 5. The van der Waals surface area contributed by atoms with Gasteiger partial charge in [-0.05, 0) is 36.8 Å². The number of H-pyrrole nitrogens is 1. The maximum absolute atomic E-state index is 12.6. The Morgan fingerprint density at radius 2 is 1.81 bits per heavy atom. The number of hydrogen-bond donors (Lipinski definition) is 2. The fourth-order valence-electron chi connectivity index (χ4n) is 3.41. The number of morpholine rings is 1. The lowest BCUT2D eigenvalue weighted by atomic mass is 10.2. The second-order valence-electron chi connectivity index (χ2n) is 7.26. The van der Waals surface area contributed by atoms with Crippen LogP contribution in [-0.2, 0) is 11.3 Å². The van der Waals surface area contributed by atoms with Gasteiger partial charge in [0, 0.05) is 25.2 Å². The van der Waals surface area contributed by atoms with Crippen molar-refractivity contribution in [2.75, 3.05) is 32.9 Å². The fraction of sp³-hybridized carbons (Fsp3) is 0.292. The van der Waals surface area contributed by atoms with E-state index in [0.717, 1.165) is 43.2 Å². The summed E-state index contributed by atoms with van der Waals surface area (Å²) in [4.78, 5) is 24.3. The molecule has 0 unspecified atom stereocenters. The minimum atomic E-state index is -0.202. The summed E-state index contributed by atoms with van der Waals surface area (Å²) in [6, 6.07) is 17.4. The molecular weight excluding hydrogens is 406 g/mol. The molecule has 2 aromatic carbocycles. The van der Waals surface area contributed by atoms with Crippen molar-refractivity contribution in [2.45, 2.75) is 13.5 Å². The summed E-state index contributed by atoms with van der Waals surface area (Å²) < 4.78 is 12.3. The average molecular weight is 434 g/mol. The van der Waals surface area contributed by atoms with E-state index in [1.165, 1.54) is 0 Å². The minimum Gasteiger partial charge on any atom is -0.494 e. The predicted octanol–water partition coefficient (Wildman–Crippen LogP) is 2.84. The molecule has 0 amide bonds. The maximum atomic E-state index is 12.6. The highest BCUT2D eigenvalue weighted by Crippen LogP contribution is 2.20. The van der Waals surface area contributed by atoms with Gasteiger partial charge in [0.05, 0.1) is 26.1 Å². The molecule has 2 aromatic heterocycles. The van der Waals surface area contributed by atoms with Crippen LogP contribution in [0.15, 0.2) is 65.7 Å². The summed E-state index contributed by atoms with van der Waals surface area (Å²) in [6.07, 6.45) is 1.65. The van der Waals surface area contributed by atoms with Gasteiger partial charge in [-0.3, -0.25) is 4.79 Å². The van der Waals surface area contributed by atoms with Crippen LogP contribution < -0.4 is 15.6 Å². The molecule has 8 heteroatoms. The number of hydrogen-bond acceptors (Lipinski definition) is 6. The van der Waals surface area contributed by atoms with Crippen LogP contribution in [0.4, 0.5) is 0 Å². The third-order valence-electron chi connectivity index (χ3n) is 4.96. The summed E-state index contributed by atoms with van der Waals surface area (Å²) in [5, 5.41) is 3.16. The molecule has 2 N–H and O–H groups in total. The molecule has 1 fully saturated rings. The zero-order chi connectivity index (χ0) is 22.2. The quantitative estimate of drug-likeness (QED) is 0.503. The number of ether oxygens (including phenoxy) is 2. The monoisotopic (exact) mass is 433 g/mol. The van der Waals surface area contributed by atoms with E-state index in [2.05, 4.69) is 20.3 Å². The van der Waals surface area contributed by atoms with Crippen molar-refractivity contribution >= 4 is 11.2 Å². The molecule has 0 radical (unpaired) electrons. The zero-order valence-corrected chi connectivity index (χ0v) is 18.1. The van der Waals surface area contributed by atoms with Gasteiger partial charge in [-0.1, -0.05) is 30.3 Å². The SMILES string of the molecule is C1COCCN1.CCOc1ccc(-c2nc3ncn(Cc4ccccc4)c3c(=O)[nH]2)cc1. The molecule has 1 aliphatic rings. The van der Waals surface area contributed by atoms with Crippen molar-refractivity contribution in [2.24, 2.45) is 0 Å². The molecule has 32 heavy (non-hydrogen) atoms. The Kier molecular flexibility index (Phi) is 7.27. The number of aromatic nitrogens is 4. The summed E-state index contributed by atoms with van der Waals surface area (Å²) in [7, 11) is 0. The number of benzene rings is 2. The van der Waals surface area contributed by atoms with Crippen LogP contribution in [0.3, 0.4) is 0 Å². The fourth-order valence-corrected chi connectivity index (χ4v) is 3.41. The molecule has 1 saturated heterocycles. The molecule has 3 heterocycles. The summed E-state index contributed by atoms with van der Waals surface area (Å²) in [5.74, 6) is 1.28. The van der Waals surface area contributed by atoms with E-state index in [9.17, 15) is 4.79 Å². The maximum Gasteiger partial charge on any atom is 0.277 e. The third kappa shape index (κ3) is 5.40. The van der Waals surface area contributed by atoms with Crippen LogP contribution in [-0.4, -0.2) is 52.4 Å². The highest BCUT2D eigenvalue weighted by atomic mass is 16.5. The lowest BCUT2D eigenvalue weighted by Gasteiger charge is -2.10. The van der Waals surface area contributed by atoms with E-state index in [0.29, 0.717) is 30.1 Å². The first-order chi connectivity index (χ1) is 15.7. The Bertz CT molecular complexity index is 1170. The largest absolute Gasteiger partial charge is 0.494 e. The predicted molar refractivity (Wildman–Crippen MR) is 124 cm³/mol. The zero-order valence-electron chi connectivity index (χ0n) is 18.1. The van der Waals surface area contributed by atoms with Crippen molar-refractivity contribution in [3.05, 3.63) is 76.8 Å². The average Bonchev–Trinajstić information content (AvgIpc) is 3.25. The second kappa shape index (κ2) is 10.7. The smallest absolute Gasteiger partial charge is 0.277 e. The number of fused-ring (bicyclic) bond motifs is 1. The number of nitrogens with zero attached hydrogens (tertiary/aromatic N) is 3. The molecule has 4 aromatic rings. The van der Waals surface area contributed by atoms with Gasteiger partial charge < -0.3 is 24.3 Å². The number of imidazole rings is 1. The van der Waals surface area contributed by atoms with Gasteiger partial charge in [0.15, 0.2) is 11.2 Å². The van der Waals surface area contributed by atoms with Crippen molar-refractivity contribution in [1.29, 1.82) is 0 Å². The Hall–Kier alpha value is -3.49. The van der Waals surface area contributed by atoms with E-state index in [1.54, 1.807) is 6.33 Å². The van der Waals surface area contributed by atoms with Crippen molar-refractivity contribution in [1.82, 2.24) is 24.8 Å². The van der Waals surface area contributed by atoms with Crippen LogP contribution in [0.25, 0.3) is 22.6 Å². The molecule has 0 aliphatic carbocycles. The van der Waals surface area contributed by atoms with Gasteiger partial charge >= 0.3 is 0 Å². The first-order valence-electron chi connectivity index (χ1n) is 10.8. The molecule has 0 spiro atoms. The van der Waals surface area contributed by atoms with Crippen LogP contribution in [0.1, 0.15) is 12.5 Å². The minimum absolute atomic E-state index is 0.202. The summed E-state index contributed by atoms with van der Waals surface area (Å²) >= 11 is 0. The van der Waals surface area contributed by atoms with Gasteiger partial charge in [-0.2, -0.15) is 0 Å². The highest BCUT2D eigenvalue weighted by molar-refractivity contribution is 5.72. The molecule has 166 valence electrons.